The summed E-state index contributed by atoms with van der Waals surface area (Å²) in [5.41, 5.74) is 0.930. The zero-order valence-corrected chi connectivity index (χ0v) is 8.79. The van der Waals surface area contributed by atoms with Crippen molar-refractivity contribution in [2.75, 3.05) is 0 Å². The highest BCUT2D eigenvalue weighted by Crippen LogP contribution is 2.23. The Morgan fingerprint density at radius 2 is 2.25 bits per heavy atom. The van der Waals surface area contributed by atoms with Gasteiger partial charge in [0.1, 0.15) is 0 Å². The van der Waals surface area contributed by atoms with Crippen LogP contribution in [0.2, 0.25) is 19.6 Å². The fourth-order valence-corrected chi connectivity index (χ4v) is 1.25. The van der Waals surface area contributed by atoms with Gasteiger partial charge in [-0.1, -0.05) is 0 Å². The molecule has 4 heteroatoms. The lowest BCUT2D eigenvalue weighted by Gasteiger charge is -2.23. The van der Waals surface area contributed by atoms with Crippen LogP contribution in [0.5, 0.6) is 0 Å². The van der Waals surface area contributed by atoms with Crippen LogP contribution in [0.25, 0.3) is 0 Å². The van der Waals surface area contributed by atoms with Crippen molar-refractivity contribution < 1.29 is 4.53 Å². The maximum Gasteiger partial charge on any atom is 0.278 e. The topological polar surface area (TPSA) is 45.4 Å². The largest absolute Gasteiger partial charge is 0.456 e. The molecule has 3 nitrogen and oxygen atoms in total. The van der Waals surface area contributed by atoms with E-state index >= 15 is 0 Å². The molecule has 0 aromatic rings. The van der Waals surface area contributed by atoms with Gasteiger partial charge in [0.2, 0.25) is 0 Å². The summed E-state index contributed by atoms with van der Waals surface area (Å²) in [6.45, 7) is 6.24. The third kappa shape index (κ3) is 2.34. The van der Waals surface area contributed by atoms with E-state index in [1.807, 2.05) is 0 Å². The predicted octanol–water partition coefficient (Wildman–Crippen LogP) is 2.13. The Morgan fingerprint density at radius 1 is 1.58 bits per heavy atom. The van der Waals surface area contributed by atoms with Crippen molar-refractivity contribution in [1.82, 2.24) is 0 Å². The Morgan fingerprint density at radius 3 is 2.58 bits per heavy atom. The van der Waals surface area contributed by atoms with Crippen molar-refractivity contribution in [3.63, 3.8) is 0 Å². The second-order valence-electron chi connectivity index (χ2n) is 4.01. The first kappa shape index (κ1) is 9.27. The molecule has 0 bridgehead atoms. The van der Waals surface area contributed by atoms with E-state index in [4.69, 9.17) is 9.79 Å². The van der Waals surface area contributed by atoms with Gasteiger partial charge in [-0.2, -0.15) is 5.26 Å². The van der Waals surface area contributed by atoms with E-state index in [0.29, 0.717) is 0 Å². The second-order valence-corrected chi connectivity index (χ2v) is 8.41. The smallest absolute Gasteiger partial charge is 0.278 e. The third-order valence-corrected chi connectivity index (χ3v) is 2.32. The normalized spacial score (nSPS) is 26.2. The number of rotatable bonds is 2. The number of nitriles is 1. The SMILES string of the molecule is C[Si](C)(C)O/N=C1/CCC1C#N. The van der Waals surface area contributed by atoms with Gasteiger partial charge in [0.25, 0.3) is 8.32 Å². The molecule has 66 valence electrons. The molecular weight excluding hydrogens is 168 g/mol. The van der Waals surface area contributed by atoms with Gasteiger partial charge in [-0.25, -0.2) is 0 Å². The van der Waals surface area contributed by atoms with E-state index in [9.17, 15) is 0 Å². The van der Waals surface area contributed by atoms with Crippen molar-refractivity contribution >= 4 is 14.0 Å². The second kappa shape index (κ2) is 3.28. The van der Waals surface area contributed by atoms with Crippen molar-refractivity contribution in [2.45, 2.75) is 32.5 Å². The zero-order valence-electron chi connectivity index (χ0n) is 7.79. The fraction of sp³-hybridized carbons (Fsp3) is 0.750. The predicted molar refractivity (Wildman–Crippen MR) is 50.2 cm³/mol. The van der Waals surface area contributed by atoms with Crippen molar-refractivity contribution in [3.8, 4) is 6.07 Å². The van der Waals surface area contributed by atoms with Gasteiger partial charge in [0, 0.05) is 0 Å². The molecule has 1 aliphatic carbocycles. The van der Waals surface area contributed by atoms with Crippen LogP contribution in [0.4, 0.5) is 0 Å². The average molecular weight is 182 g/mol. The maximum atomic E-state index is 8.61. The average Bonchev–Trinajstić information content (AvgIpc) is 1.83. The van der Waals surface area contributed by atoms with Gasteiger partial charge < -0.3 is 4.53 Å². The molecule has 0 N–H and O–H groups in total. The molecule has 1 fully saturated rings. The highest BCUT2D eigenvalue weighted by molar-refractivity contribution is 6.69. The lowest BCUT2D eigenvalue weighted by molar-refractivity contribution is 0.326. The van der Waals surface area contributed by atoms with Crippen LogP contribution >= 0.6 is 0 Å². The molecule has 0 spiro atoms. The Labute approximate surface area is 74.1 Å². The van der Waals surface area contributed by atoms with Crippen molar-refractivity contribution in [2.24, 2.45) is 11.1 Å². The molecule has 0 aliphatic heterocycles. The molecule has 1 atom stereocenters. The molecule has 1 rings (SSSR count). The number of hydrogen-bond donors (Lipinski definition) is 0. The minimum atomic E-state index is -1.54. The molecule has 1 saturated carbocycles. The standard InChI is InChI=1S/C8H14N2OSi/c1-12(2,3)11-10-8-5-4-7(8)6-9/h7H,4-5H2,1-3H3/b10-8-. The summed E-state index contributed by atoms with van der Waals surface area (Å²) in [5, 5.41) is 12.6. The molecule has 12 heavy (non-hydrogen) atoms. The van der Waals surface area contributed by atoms with Crippen LogP contribution in [0, 0.1) is 17.2 Å². The van der Waals surface area contributed by atoms with Crippen LogP contribution < -0.4 is 0 Å². The first-order valence-electron chi connectivity index (χ1n) is 4.17. The molecule has 0 amide bonds. The Balaban J connectivity index is 2.44. The number of oxime groups is 1. The Kier molecular flexibility index (Phi) is 2.53. The highest BCUT2D eigenvalue weighted by atomic mass is 28.4. The first-order chi connectivity index (χ1) is 5.53. The van der Waals surface area contributed by atoms with E-state index in [2.05, 4.69) is 30.9 Å². The minimum Gasteiger partial charge on any atom is -0.456 e. The number of hydrogen-bond acceptors (Lipinski definition) is 3. The first-order valence-corrected chi connectivity index (χ1v) is 7.58. The minimum absolute atomic E-state index is 0.0290. The summed E-state index contributed by atoms with van der Waals surface area (Å²) in [4.78, 5) is 0. The van der Waals surface area contributed by atoms with E-state index in [1.54, 1.807) is 0 Å². The lowest BCUT2D eigenvalue weighted by Crippen LogP contribution is -2.28. The molecule has 1 aliphatic rings. The van der Waals surface area contributed by atoms with Gasteiger partial charge in [-0.05, 0) is 32.5 Å². The Hall–Kier alpha value is -0.823. The molecule has 0 saturated heterocycles. The zero-order chi connectivity index (χ0) is 9.19. The van der Waals surface area contributed by atoms with Gasteiger partial charge in [-0.15, -0.1) is 5.16 Å². The summed E-state index contributed by atoms with van der Waals surface area (Å²) >= 11 is 0. The van der Waals surface area contributed by atoms with Gasteiger partial charge in [0.05, 0.1) is 17.7 Å². The van der Waals surface area contributed by atoms with Gasteiger partial charge in [0.15, 0.2) is 0 Å². The summed E-state index contributed by atoms with van der Waals surface area (Å²) in [6, 6.07) is 2.19. The van der Waals surface area contributed by atoms with Crippen LogP contribution in [0.1, 0.15) is 12.8 Å². The maximum absolute atomic E-state index is 8.61. The van der Waals surface area contributed by atoms with Gasteiger partial charge >= 0.3 is 0 Å². The molecule has 1 unspecified atom stereocenters. The van der Waals surface area contributed by atoms with Crippen LogP contribution in [0.3, 0.4) is 0 Å². The quantitative estimate of drug-likeness (QED) is 0.485. The summed E-state index contributed by atoms with van der Waals surface area (Å²) < 4.78 is 5.34. The summed E-state index contributed by atoms with van der Waals surface area (Å²) in [6.07, 6.45) is 1.88. The molecule has 0 heterocycles. The highest BCUT2D eigenvalue weighted by Gasteiger charge is 2.27. The van der Waals surface area contributed by atoms with Gasteiger partial charge in [-0.3, -0.25) is 0 Å². The van der Waals surface area contributed by atoms with Crippen LogP contribution in [0.15, 0.2) is 5.16 Å². The van der Waals surface area contributed by atoms with E-state index in [1.165, 1.54) is 0 Å². The summed E-state index contributed by atoms with van der Waals surface area (Å²) in [7, 11) is -1.54. The summed E-state index contributed by atoms with van der Waals surface area (Å²) in [5.74, 6) is 0.0290. The van der Waals surface area contributed by atoms with Crippen molar-refractivity contribution in [1.29, 1.82) is 5.26 Å². The van der Waals surface area contributed by atoms with E-state index in [0.717, 1.165) is 18.6 Å². The van der Waals surface area contributed by atoms with Crippen molar-refractivity contribution in [3.05, 3.63) is 0 Å². The molecular formula is C8H14N2OSi. The number of nitrogens with zero attached hydrogens (tertiary/aromatic N) is 2. The lowest BCUT2D eigenvalue weighted by atomic mass is 9.84. The molecule has 0 aromatic heterocycles. The third-order valence-electron chi connectivity index (χ3n) is 1.68. The molecule has 0 aromatic carbocycles. The van der Waals surface area contributed by atoms with E-state index < -0.39 is 8.32 Å². The van der Waals surface area contributed by atoms with Crippen LogP contribution in [-0.4, -0.2) is 14.0 Å². The Bertz CT molecular complexity index is 236. The fourth-order valence-electron chi connectivity index (χ4n) is 0.862. The monoisotopic (exact) mass is 182 g/mol. The van der Waals surface area contributed by atoms with Crippen LogP contribution in [-0.2, 0) is 4.53 Å². The molecule has 0 radical (unpaired) electrons. The van der Waals surface area contributed by atoms with E-state index in [-0.39, 0.29) is 5.92 Å².